The molecule has 0 fully saturated rings. The lowest BCUT2D eigenvalue weighted by Crippen LogP contribution is -2.10. The van der Waals surface area contributed by atoms with Gasteiger partial charge in [0.1, 0.15) is 0 Å². The fourth-order valence-corrected chi connectivity index (χ4v) is 0.614. The highest BCUT2D eigenvalue weighted by molar-refractivity contribution is 8.60. The number of rotatable bonds is 6. The standard InChI is InChI=1S/C5H11NO2.C2H7O2PS2/c1-8-4-2-3-5(6)7;1-3-5(6,7)4-2/h2-4H2,1H3,(H2,6,7);1-2H3,(H,6,7). The largest absolute Gasteiger partial charge is 0.385 e. The van der Waals surface area contributed by atoms with Gasteiger partial charge < -0.3 is 19.5 Å². The number of ether oxygens (including phenoxy) is 1. The van der Waals surface area contributed by atoms with E-state index < -0.39 is 5.69 Å². The minimum Gasteiger partial charge on any atom is -0.385 e. The van der Waals surface area contributed by atoms with Gasteiger partial charge in [0.25, 0.3) is 0 Å². The molecular weight excluding hydrogens is 257 g/mol. The van der Waals surface area contributed by atoms with Gasteiger partial charge in [0.05, 0.1) is 0 Å². The van der Waals surface area contributed by atoms with E-state index in [1.54, 1.807) is 7.11 Å². The van der Waals surface area contributed by atoms with Gasteiger partial charge in [-0.2, -0.15) is 0 Å². The maximum absolute atomic E-state index is 10.0. The van der Waals surface area contributed by atoms with Crippen LogP contribution in [0.1, 0.15) is 12.8 Å². The first-order valence-corrected chi connectivity index (χ1v) is 7.90. The van der Waals surface area contributed by atoms with Gasteiger partial charge in [-0.1, -0.05) is 12.2 Å². The summed E-state index contributed by atoms with van der Waals surface area (Å²) in [4.78, 5) is 10.0. The third kappa shape index (κ3) is 17.0. The molecule has 2 N–H and O–H groups in total. The van der Waals surface area contributed by atoms with Crippen LogP contribution in [0, 0.1) is 0 Å². The summed E-state index contributed by atoms with van der Waals surface area (Å²) >= 11 is 8.54. The average molecular weight is 275 g/mol. The smallest absolute Gasteiger partial charge is 0.243 e. The van der Waals surface area contributed by atoms with E-state index >= 15 is 0 Å². The SMILES string of the molecule is COCCCC(N)=O.COP(=S)(S)OC. The van der Waals surface area contributed by atoms with Crippen molar-refractivity contribution in [2.45, 2.75) is 12.8 Å². The van der Waals surface area contributed by atoms with Crippen LogP contribution in [0.15, 0.2) is 0 Å². The Hall–Kier alpha value is 0.350. The number of methoxy groups -OCH3 is 1. The van der Waals surface area contributed by atoms with Crippen molar-refractivity contribution in [3.05, 3.63) is 0 Å². The van der Waals surface area contributed by atoms with Crippen molar-refractivity contribution in [2.24, 2.45) is 5.73 Å². The Bertz CT molecular complexity index is 207. The molecule has 0 atom stereocenters. The van der Waals surface area contributed by atoms with Crippen LogP contribution >= 0.6 is 17.9 Å². The van der Waals surface area contributed by atoms with Crippen LogP contribution in [-0.4, -0.2) is 33.8 Å². The third-order valence-corrected chi connectivity index (χ3v) is 4.03. The second-order valence-electron chi connectivity index (χ2n) is 2.40. The van der Waals surface area contributed by atoms with E-state index in [1.165, 1.54) is 14.2 Å². The number of nitrogens with two attached hydrogens (primary N) is 1. The summed E-state index contributed by atoms with van der Waals surface area (Å²) in [6.07, 6.45) is 1.15. The average Bonchev–Trinajstić information content (AvgIpc) is 2.19. The fourth-order valence-electron chi connectivity index (χ4n) is 0.465. The highest BCUT2D eigenvalue weighted by Gasteiger charge is 2.04. The van der Waals surface area contributed by atoms with Crippen molar-refractivity contribution in [3.8, 4) is 0 Å². The second-order valence-corrected chi connectivity index (χ2v) is 7.90. The topological polar surface area (TPSA) is 70.8 Å². The van der Waals surface area contributed by atoms with Crippen molar-refractivity contribution in [3.63, 3.8) is 0 Å². The molecule has 0 saturated carbocycles. The van der Waals surface area contributed by atoms with Crippen LogP contribution in [0.2, 0.25) is 0 Å². The van der Waals surface area contributed by atoms with E-state index in [9.17, 15) is 4.79 Å². The monoisotopic (exact) mass is 275 g/mol. The van der Waals surface area contributed by atoms with Gasteiger partial charge in [-0.15, -0.1) is 0 Å². The number of carbonyl (C=O) groups is 1. The maximum atomic E-state index is 10.0. The first-order valence-electron chi connectivity index (χ1n) is 4.11. The lowest BCUT2D eigenvalue weighted by molar-refractivity contribution is -0.118. The molecule has 0 spiro atoms. The van der Waals surface area contributed by atoms with Crippen LogP contribution in [0.3, 0.4) is 0 Å². The lowest BCUT2D eigenvalue weighted by atomic mass is 10.3. The third-order valence-electron chi connectivity index (χ3n) is 1.23. The Balaban J connectivity index is 0. The van der Waals surface area contributed by atoms with Gasteiger partial charge in [-0.25, -0.2) is 0 Å². The Kier molecular flexibility index (Phi) is 12.8. The van der Waals surface area contributed by atoms with Crippen molar-refractivity contribution in [1.29, 1.82) is 0 Å². The van der Waals surface area contributed by atoms with Crippen LogP contribution in [0.5, 0.6) is 0 Å². The summed E-state index contributed by atoms with van der Waals surface area (Å²) in [5, 5.41) is 0. The lowest BCUT2D eigenvalue weighted by Gasteiger charge is -2.07. The van der Waals surface area contributed by atoms with Gasteiger partial charge in [-0.3, -0.25) is 4.79 Å². The van der Waals surface area contributed by atoms with Crippen molar-refractivity contribution in [1.82, 2.24) is 0 Å². The summed E-state index contributed by atoms with van der Waals surface area (Å²) in [5.41, 5.74) is 2.71. The predicted octanol–water partition coefficient (Wildman–Crippen LogP) is 1.33. The summed E-state index contributed by atoms with van der Waals surface area (Å²) in [6.45, 7) is 0.614. The Labute approximate surface area is 101 Å². The molecule has 0 aromatic rings. The zero-order valence-corrected chi connectivity index (χ0v) is 11.7. The molecule has 0 aromatic heterocycles. The molecule has 0 saturated heterocycles. The first-order chi connectivity index (χ1) is 6.89. The number of amides is 1. The molecule has 15 heavy (non-hydrogen) atoms. The van der Waals surface area contributed by atoms with E-state index in [0.29, 0.717) is 13.0 Å². The molecular formula is C7H18NO4PS2. The Morgan fingerprint density at radius 2 is 1.87 bits per heavy atom. The molecule has 8 heteroatoms. The number of hydrogen-bond donors (Lipinski definition) is 2. The van der Waals surface area contributed by atoms with Crippen LogP contribution < -0.4 is 5.73 Å². The van der Waals surface area contributed by atoms with Crippen LogP contribution in [-0.2, 0) is 30.4 Å². The molecule has 0 radical (unpaired) electrons. The Morgan fingerprint density at radius 3 is 2.07 bits per heavy atom. The molecule has 0 bridgehead atoms. The minimum absolute atomic E-state index is 0.262. The van der Waals surface area contributed by atoms with Crippen LogP contribution in [0.25, 0.3) is 0 Å². The zero-order chi connectivity index (χ0) is 12.3. The summed E-state index contributed by atoms with van der Waals surface area (Å²) in [6, 6.07) is 0. The predicted molar refractivity (Wildman–Crippen MR) is 67.6 cm³/mol. The fraction of sp³-hybridized carbons (Fsp3) is 0.857. The number of thiol groups is 1. The molecule has 92 valence electrons. The molecule has 0 aliphatic rings. The zero-order valence-electron chi connectivity index (χ0n) is 9.13. The van der Waals surface area contributed by atoms with Crippen molar-refractivity contribution < 1.29 is 18.6 Å². The number of hydrogen-bond acceptors (Lipinski definition) is 5. The maximum Gasteiger partial charge on any atom is 0.243 e. The summed E-state index contributed by atoms with van der Waals surface area (Å²) in [5.74, 6) is -0.262. The molecule has 0 aromatic carbocycles. The molecule has 0 aliphatic carbocycles. The summed E-state index contributed by atoms with van der Waals surface area (Å²) in [7, 11) is 4.57. The first kappa shape index (κ1) is 17.7. The highest BCUT2D eigenvalue weighted by atomic mass is 32.9. The van der Waals surface area contributed by atoms with Crippen molar-refractivity contribution >= 4 is 35.7 Å². The van der Waals surface area contributed by atoms with Gasteiger partial charge in [0.2, 0.25) is 11.6 Å². The van der Waals surface area contributed by atoms with Crippen molar-refractivity contribution in [2.75, 3.05) is 27.9 Å². The quantitative estimate of drug-likeness (QED) is 0.435. The van der Waals surface area contributed by atoms with E-state index in [2.05, 4.69) is 37.8 Å². The number of primary amides is 1. The number of carbonyl (C=O) groups excluding carboxylic acids is 1. The van der Waals surface area contributed by atoms with E-state index in [4.69, 9.17) is 5.73 Å². The Morgan fingerprint density at radius 1 is 1.40 bits per heavy atom. The molecule has 0 aliphatic heterocycles. The molecule has 0 unspecified atom stereocenters. The normalized spacial score (nSPS) is 10.4. The van der Waals surface area contributed by atoms with Gasteiger partial charge in [0.15, 0.2) is 0 Å². The van der Waals surface area contributed by atoms with Gasteiger partial charge in [0, 0.05) is 34.4 Å². The van der Waals surface area contributed by atoms with E-state index in [0.717, 1.165) is 6.42 Å². The second kappa shape index (κ2) is 10.9. The van der Waals surface area contributed by atoms with Crippen LogP contribution in [0.4, 0.5) is 0 Å². The molecule has 0 rings (SSSR count). The molecule has 1 amide bonds. The van der Waals surface area contributed by atoms with E-state index in [-0.39, 0.29) is 5.91 Å². The highest BCUT2D eigenvalue weighted by Crippen LogP contribution is 2.51. The minimum atomic E-state index is -2.13. The van der Waals surface area contributed by atoms with Gasteiger partial charge in [-0.05, 0) is 18.2 Å². The molecule has 0 heterocycles. The summed E-state index contributed by atoms with van der Waals surface area (Å²) < 4.78 is 14.0. The van der Waals surface area contributed by atoms with E-state index in [1.807, 2.05) is 0 Å². The van der Waals surface area contributed by atoms with Gasteiger partial charge >= 0.3 is 0 Å². The molecule has 5 nitrogen and oxygen atoms in total.